The first kappa shape index (κ1) is 21.6. The molecule has 7 nitrogen and oxygen atoms in total. The van der Waals surface area contributed by atoms with Crippen molar-refractivity contribution in [1.82, 2.24) is 10.2 Å². The number of hydrogen-bond acceptors (Lipinski definition) is 6. The molecule has 166 valence electrons. The average Bonchev–Trinajstić information content (AvgIpc) is 3.38. The van der Waals surface area contributed by atoms with E-state index in [4.69, 9.17) is 9.47 Å². The molecule has 0 bridgehead atoms. The molecular weight excluding hydrogens is 404 g/mol. The van der Waals surface area contributed by atoms with Crippen LogP contribution >= 0.6 is 0 Å². The van der Waals surface area contributed by atoms with Gasteiger partial charge in [0.05, 0.1) is 12.3 Å². The van der Waals surface area contributed by atoms with Crippen LogP contribution in [0.1, 0.15) is 26.2 Å². The van der Waals surface area contributed by atoms with Crippen LogP contribution in [0, 0.1) is 0 Å². The van der Waals surface area contributed by atoms with E-state index in [1.165, 1.54) is 12.8 Å². The predicted octanol–water partition coefficient (Wildman–Crippen LogP) is 4.55. The number of nitrogens with zero attached hydrogens (tertiary/aromatic N) is 3. The van der Waals surface area contributed by atoms with Gasteiger partial charge >= 0.3 is 0 Å². The summed E-state index contributed by atoms with van der Waals surface area (Å²) in [6.45, 7) is 4.76. The molecule has 1 amide bonds. The molecular formula is C25H28N4O3. The molecule has 1 aliphatic heterocycles. The van der Waals surface area contributed by atoms with Crippen molar-refractivity contribution >= 4 is 17.4 Å². The highest BCUT2D eigenvalue weighted by Gasteiger charge is 2.14. The predicted molar refractivity (Wildman–Crippen MR) is 125 cm³/mol. The van der Waals surface area contributed by atoms with Crippen LogP contribution in [0.3, 0.4) is 0 Å². The second-order valence-corrected chi connectivity index (χ2v) is 7.70. The van der Waals surface area contributed by atoms with Crippen molar-refractivity contribution in [2.45, 2.75) is 26.2 Å². The fourth-order valence-electron chi connectivity index (χ4n) is 3.52. The summed E-state index contributed by atoms with van der Waals surface area (Å²) in [6.07, 6.45) is 3.38. The van der Waals surface area contributed by atoms with Crippen LogP contribution in [-0.2, 0) is 4.79 Å². The van der Waals surface area contributed by atoms with E-state index < -0.39 is 0 Å². The third-order valence-electron chi connectivity index (χ3n) is 5.21. The van der Waals surface area contributed by atoms with E-state index in [0.29, 0.717) is 18.0 Å². The summed E-state index contributed by atoms with van der Waals surface area (Å²) >= 11 is 0. The maximum atomic E-state index is 12.2. The lowest BCUT2D eigenvalue weighted by molar-refractivity contribution is -0.118. The Morgan fingerprint density at radius 3 is 2.22 bits per heavy atom. The zero-order chi connectivity index (χ0) is 22.2. The number of amides is 1. The van der Waals surface area contributed by atoms with E-state index in [2.05, 4.69) is 27.3 Å². The van der Waals surface area contributed by atoms with Crippen LogP contribution in [0.5, 0.6) is 11.5 Å². The van der Waals surface area contributed by atoms with Crippen molar-refractivity contribution in [2.75, 3.05) is 36.5 Å². The van der Waals surface area contributed by atoms with E-state index in [9.17, 15) is 4.79 Å². The summed E-state index contributed by atoms with van der Waals surface area (Å²) in [5.74, 6) is 2.12. The molecule has 0 saturated carbocycles. The Bertz CT molecular complexity index is 999. The van der Waals surface area contributed by atoms with Crippen molar-refractivity contribution in [3.05, 3.63) is 60.7 Å². The van der Waals surface area contributed by atoms with Gasteiger partial charge in [0, 0.05) is 24.3 Å². The smallest absolute Gasteiger partial charge is 0.262 e. The zero-order valence-corrected chi connectivity index (χ0v) is 18.3. The Morgan fingerprint density at radius 1 is 0.906 bits per heavy atom. The van der Waals surface area contributed by atoms with Crippen molar-refractivity contribution < 1.29 is 14.3 Å². The summed E-state index contributed by atoms with van der Waals surface area (Å²) in [6, 6.07) is 18.8. The van der Waals surface area contributed by atoms with Crippen LogP contribution in [0.2, 0.25) is 0 Å². The average molecular weight is 433 g/mol. The lowest BCUT2D eigenvalue weighted by Crippen LogP contribution is -2.20. The van der Waals surface area contributed by atoms with Gasteiger partial charge in [0.1, 0.15) is 11.5 Å². The molecule has 1 aliphatic rings. The van der Waals surface area contributed by atoms with E-state index in [-0.39, 0.29) is 12.5 Å². The van der Waals surface area contributed by atoms with Crippen LogP contribution in [0.4, 0.5) is 11.5 Å². The number of hydrogen-bond donors (Lipinski definition) is 1. The first-order valence-corrected chi connectivity index (χ1v) is 11.1. The van der Waals surface area contributed by atoms with Gasteiger partial charge in [0.25, 0.3) is 5.91 Å². The topological polar surface area (TPSA) is 76.6 Å². The normalized spacial score (nSPS) is 13.1. The van der Waals surface area contributed by atoms with Gasteiger partial charge in [-0.1, -0.05) is 19.1 Å². The number of rotatable bonds is 9. The quantitative estimate of drug-likeness (QED) is 0.535. The van der Waals surface area contributed by atoms with E-state index in [1.54, 1.807) is 12.1 Å². The summed E-state index contributed by atoms with van der Waals surface area (Å²) < 4.78 is 11.1. The second-order valence-electron chi connectivity index (χ2n) is 7.70. The molecule has 1 saturated heterocycles. The van der Waals surface area contributed by atoms with Crippen LogP contribution < -0.4 is 19.7 Å². The fraction of sp³-hybridized carbons (Fsp3) is 0.320. The SMILES string of the molecule is CCCOc1ccc(OCC(=O)Nc2ccc(-c3ccc(N4CCCC4)nn3)cc2)cc1. The molecule has 1 fully saturated rings. The van der Waals surface area contributed by atoms with Gasteiger partial charge < -0.3 is 19.7 Å². The third kappa shape index (κ3) is 5.75. The highest BCUT2D eigenvalue weighted by Crippen LogP contribution is 2.22. The maximum Gasteiger partial charge on any atom is 0.262 e. The van der Waals surface area contributed by atoms with Gasteiger partial charge in [-0.15, -0.1) is 10.2 Å². The van der Waals surface area contributed by atoms with Crippen LogP contribution in [0.15, 0.2) is 60.7 Å². The molecule has 1 aromatic heterocycles. The first-order chi connectivity index (χ1) is 15.7. The van der Waals surface area contributed by atoms with Crippen LogP contribution in [-0.4, -0.2) is 42.4 Å². The monoisotopic (exact) mass is 432 g/mol. The molecule has 0 atom stereocenters. The summed E-state index contributed by atoms with van der Waals surface area (Å²) in [4.78, 5) is 14.5. The zero-order valence-electron chi connectivity index (χ0n) is 18.3. The minimum atomic E-state index is -0.223. The Labute approximate surface area is 188 Å². The number of nitrogens with one attached hydrogen (secondary N) is 1. The number of carbonyl (C=O) groups excluding carboxylic acids is 1. The first-order valence-electron chi connectivity index (χ1n) is 11.1. The van der Waals surface area contributed by atoms with Crippen molar-refractivity contribution in [2.24, 2.45) is 0 Å². The van der Waals surface area contributed by atoms with E-state index >= 15 is 0 Å². The highest BCUT2D eigenvalue weighted by atomic mass is 16.5. The molecule has 2 heterocycles. The molecule has 1 N–H and O–H groups in total. The molecule has 0 spiro atoms. The van der Waals surface area contributed by atoms with Gasteiger partial charge in [-0.2, -0.15) is 0 Å². The minimum Gasteiger partial charge on any atom is -0.494 e. The van der Waals surface area contributed by atoms with Crippen molar-refractivity contribution in [3.63, 3.8) is 0 Å². The van der Waals surface area contributed by atoms with Crippen molar-refractivity contribution in [3.8, 4) is 22.8 Å². The summed E-state index contributed by atoms with van der Waals surface area (Å²) in [5, 5.41) is 11.6. The van der Waals surface area contributed by atoms with Gasteiger partial charge in [-0.05, 0) is 67.8 Å². The summed E-state index contributed by atoms with van der Waals surface area (Å²) in [5.41, 5.74) is 2.46. The Morgan fingerprint density at radius 2 is 1.59 bits per heavy atom. The third-order valence-corrected chi connectivity index (χ3v) is 5.21. The number of ether oxygens (including phenoxy) is 2. The number of aromatic nitrogens is 2. The van der Waals surface area contributed by atoms with E-state index in [1.807, 2.05) is 48.5 Å². The Balaban J connectivity index is 1.27. The fourth-order valence-corrected chi connectivity index (χ4v) is 3.52. The Kier molecular flexibility index (Phi) is 7.17. The number of anilines is 2. The standard InChI is InChI=1S/C25H28N4O3/c1-2-17-31-21-9-11-22(12-10-21)32-18-25(30)26-20-7-5-19(6-8-20)23-13-14-24(28-27-23)29-15-3-4-16-29/h5-14H,2-4,15-18H2,1H3,(H,26,30). The number of benzene rings is 2. The van der Waals surface area contributed by atoms with Gasteiger partial charge in [0.2, 0.25) is 0 Å². The van der Waals surface area contributed by atoms with Crippen LogP contribution in [0.25, 0.3) is 11.3 Å². The number of carbonyl (C=O) groups is 1. The molecule has 32 heavy (non-hydrogen) atoms. The molecule has 0 unspecified atom stereocenters. The molecule has 3 aromatic rings. The minimum absolute atomic E-state index is 0.0691. The lowest BCUT2D eigenvalue weighted by Gasteiger charge is -2.15. The molecule has 0 radical (unpaired) electrons. The maximum absolute atomic E-state index is 12.2. The highest BCUT2D eigenvalue weighted by molar-refractivity contribution is 5.92. The molecule has 7 heteroatoms. The molecule has 2 aromatic carbocycles. The second kappa shape index (κ2) is 10.6. The Hall–Kier alpha value is -3.61. The largest absolute Gasteiger partial charge is 0.494 e. The summed E-state index contributed by atoms with van der Waals surface area (Å²) in [7, 11) is 0. The molecule has 0 aliphatic carbocycles. The van der Waals surface area contributed by atoms with Gasteiger partial charge in [-0.3, -0.25) is 4.79 Å². The molecule has 4 rings (SSSR count). The lowest BCUT2D eigenvalue weighted by atomic mass is 10.1. The van der Waals surface area contributed by atoms with Crippen molar-refractivity contribution in [1.29, 1.82) is 0 Å². The van der Waals surface area contributed by atoms with Gasteiger partial charge in [0.15, 0.2) is 12.4 Å². The van der Waals surface area contributed by atoms with E-state index in [0.717, 1.165) is 42.3 Å². The van der Waals surface area contributed by atoms with Gasteiger partial charge in [-0.25, -0.2) is 0 Å².